The minimum absolute atomic E-state index is 0.223. The number of esters is 1. The molecule has 1 aromatic rings. The van der Waals surface area contributed by atoms with Gasteiger partial charge in [-0.3, -0.25) is 0 Å². The molecule has 0 amide bonds. The van der Waals surface area contributed by atoms with E-state index in [0.29, 0.717) is 0 Å². The van der Waals surface area contributed by atoms with Crippen molar-refractivity contribution in [2.24, 2.45) is 0 Å². The van der Waals surface area contributed by atoms with Gasteiger partial charge in [-0.15, -0.1) is 0 Å². The highest BCUT2D eigenvalue weighted by Crippen LogP contribution is 2.31. The molecule has 2 aliphatic heterocycles. The smallest absolute Gasteiger partial charge is 0.333 e. The lowest BCUT2D eigenvalue weighted by Crippen LogP contribution is -2.60. The van der Waals surface area contributed by atoms with E-state index in [2.05, 4.69) is 0 Å². The molecule has 10 unspecified atom stereocenters. The van der Waals surface area contributed by atoms with E-state index in [1.165, 1.54) is 24.3 Å². The molecule has 14 nitrogen and oxygen atoms in total. The molecule has 1 aromatic carbocycles. The lowest BCUT2D eigenvalue weighted by Gasteiger charge is -2.39. The number of benzene rings is 1. The summed E-state index contributed by atoms with van der Waals surface area (Å²) in [5, 5.41) is 87.7. The number of carbonyl (C=O) groups excluding carboxylic acids is 1. The number of aromatic hydroxyl groups is 1. The highest BCUT2D eigenvalue weighted by Gasteiger charge is 2.46. The van der Waals surface area contributed by atoms with Crippen LogP contribution in [0.2, 0.25) is 0 Å². The van der Waals surface area contributed by atoms with Gasteiger partial charge in [-0.2, -0.15) is 0 Å². The van der Waals surface area contributed by atoms with Gasteiger partial charge >= 0.3 is 5.97 Å². The van der Waals surface area contributed by atoms with Gasteiger partial charge in [-0.1, -0.05) is 6.07 Å². The predicted octanol–water partition coefficient (Wildman–Crippen LogP) is -4.07. The van der Waals surface area contributed by atoms with Crippen LogP contribution in [0.25, 0.3) is 6.08 Å². The summed E-state index contributed by atoms with van der Waals surface area (Å²) in [6.07, 6.45) is -13.6. The Bertz CT molecular complexity index is 889. The third-order valence-corrected chi connectivity index (χ3v) is 5.57. The summed E-state index contributed by atoms with van der Waals surface area (Å²) >= 11 is 0. The number of phenolic OH excluding ortho intramolecular Hbond substituents is 1. The first-order valence-electron chi connectivity index (χ1n) is 10.6. The Labute approximate surface area is 198 Å². The van der Waals surface area contributed by atoms with Gasteiger partial charge in [-0.05, 0) is 23.8 Å². The molecule has 0 aromatic heterocycles. The summed E-state index contributed by atoms with van der Waals surface area (Å²) in [5.74, 6) is -1.62. The van der Waals surface area contributed by atoms with Crippen molar-refractivity contribution in [1.29, 1.82) is 0 Å². The van der Waals surface area contributed by atoms with E-state index in [1.54, 1.807) is 0 Å². The first-order valence-corrected chi connectivity index (χ1v) is 10.6. The summed E-state index contributed by atoms with van der Waals surface area (Å²) in [5.41, 5.74) is 0.285. The number of phenols is 1. The van der Waals surface area contributed by atoms with Crippen LogP contribution in [0.5, 0.6) is 11.5 Å². The average molecular weight is 504 g/mol. The molecule has 0 aliphatic carbocycles. The van der Waals surface area contributed by atoms with Crippen molar-refractivity contribution in [3.05, 3.63) is 29.8 Å². The third-order valence-electron chi connectivity index (χ3n) is 5.57. The highest BCUT2D eigenvalue weighted by atomic mass is 16.7. The van der Waals surface area contributed by atoms with Crippen molar-refractivity contribution >= 4 is 12.0 Å². The fourth-order valence-electron chi connectivity index (χ4n) is 3.50. The summed E-state index contributed by atoms with van der Waals surface area (Å²) in [6.45, 7) is -1.37. The minimum atomic E-state index is -1.77. The van der Waals surface area contributed by atoms with Crippen molar-refractivity contribution < 1.29 is 69.7 Å². The largest absolute Gasteiger partial charge is 0.504 e. The second-order valence-corrected chi connectivity index (χ2v) is 8.01. The molecule has 2 heterocycles. The molecular formula is C21H28O14. The second-order valence-electron chi connectivity index (χ2n) is 8.01. The van der Waals surface area contributed by atoms with Crippen LogP contribution < -0.4 is 4.74 Å². The quantitative estimate of drug-likeness (QED) is 0.127. The van der Waals surface area contributed by atoms with Gasteiger partial charge in [0, 0.05) is 6.08 Å². The Kier molecular flexibility index (Phi) is 9.00. The van der Waals surface area contributed by atoms with Gasteiger partial charge in [0.1, 0.15) is 48.8 Å². The zero-order valence-corrected chi connectivity index (χ0v) is 18.1. The standard InChI is InChI=1S/C21H28O14/c22-6-11-14(26)16(28)18(30)20(33-11)32-10-5-8(1-3-9(10)24)2-4-13(25)35-21-19(31)17(29)15(27)12(7-23)34-21/h1-5,11-12,14-24,26-31H,6-7H2. The van der Waals surface area contributed by atoms with Crippen LogP contribution in [0.1, 0.15) is 5.56 Å². The molecule has 2 fully saturated rings. The SMILES string of the molecule is O=C(C=Cc1ccc(O)c(OC2OC(CO)C(O)C(O)C2O)c1)OC1OC(CO)C(O)C(O)C1O. The lowest BCUT2D eigenvalue weighted by molar-refractivity contribution is -0.291. The monoisotopic (exact) mass is 504 g/mol. The van der Waals surface area contributed by atoms with Crippen molar-refractivity contribution in [2.45, 2.75) is 61.4 Å². The van der Waals surface area contributed by atoms with Crippen LogP contribution in [0.3, 0.4) is 0 Å². The number of aliphatic hydroxyl groups is 8. The Morgan fingerprint density at radius 1 is 0.829 bits per heavy atom. The summed E-state index contributed by atoms with van der Waals surface area (Å²) in [4.78, 5) is 12.1. The van der Waals surface area contributed by atoms with E-state index >= 15 is 0 Å². The molecule has 2 aliphatic rings. The Morgan fingerprint density at radius 3 is 1.94 bits per heavy atom. The first kappa shape index (κ1) is 27.2. The van der Waals surface area contributed by atoms with Crippen LogP contribution in [0, 0.1) is 0 Å². The molecule has 3 rings (SSSR count). The van der Waals surface area contributed by atoms with Crippen LogP contribution in [0.4, 0.5) is 0 Å². The molecule has 0 spiro atoms. The Morgan fingerprint density at radius 2 is 1.37 bits per heavy atom. The predicted molar refractivity (Wildman–Crippen MR) is 111 cm³/mol. The molecule has 14 heteroatoms. The molecule has 0 radical (unpaired) electrons. The number of hydrogen-bond acceptors (Lipinski definition) is 14. The maximum Gasteiger partial charge on any atom is 0.333 e. The number of ether oxygens (including phenoxy) is 4. The molecule has 10 atom stereocenters. The first-order chi connectivity index (χ1) is 16.6. The summed E-state index contributed by atoms with van der Waals surface area (Å²) < 4.78 is 20.6. The van der Waals surface area contributed by atoms with Crippen LogP contribution in [-0.4, -0.2) is 127 Å². The topological polar surface area (TPSA) is 236 Å². The average Bonchev–Trinajstić information content (AvgIpc) is 2.84. The van der Waals surface area contributed by atoms with E-state index in [0.717, 1.165) is 6.08 Å². The maximum atomic E-state index is 12.1. The summed E-state index contributed by atoms with van der Waals surface area (Å²) in [6, 6.07) is 3.82. The fraction of sp³-hybridized carbons (Fsp3) is 0.571. The van der Waals surface area contributed by atoms with Gasteiger partial charge in [-0.25, -0.2) is 4.79 Å². The van der Waals surface area contributed by atoms with E-state index in [9.17, 15) is 50.8 Å². The normalized spacial score (nSPS) is 37.8. The number of carbonyl (C=O) groups is 1. The van der Waals surface area contributed by atoms with Crippen molar-refractivity contribution in [3.8, 4) is 11.5 Å². The molecule has 0 bridgehead atoms. The minimum Gasteiger partial charge on any atom is -0.504 e. The van der Waals surface area contributed by atoms with Crippen LogP contribution in [-0.2, 0) is 19.0 Å². The fourth-order valence-corrected chi connectivity index (χ4v) is 3.50. The van der Waals surface area contributed by atoms with Gasteiger partial charge in [0.05, 0.1) is 13.2 Å². The lowest BCUT2D eigenvalue weighted by atomic mass is 9.99. The zero-order chi connectivity index (χ0) is 25.9. The van der Waals surface area contributed by atoms with E-state index in [4.69, 9.17) is 18.9 Å². The van der Waals surface area contributed by atoms with E-state index in [-0.39, 0.29) is 17.1 Å². The summed E-state index contributed by atoms with van der Waals surface area (Å²) in [7, 11) is 0. The highest BCUT2D eigenvalue weighted by molar-refractivity contribution is 5.87. The van der Waals surface area contributed by atoms with Crippen LogP contribution in [0.15, 0.2) is 24.3 Å². The second kappa shape index (κ2) is 11.6. The van der Waals surface area contributed by atoms with Crippen molar-refractivity contribution in [3.63, 3.8) is 0 Å². The van der Waals surface area contributed by atoms with Crippen molar-refractivity contribution in [1.82, 2.24) is 0 Å². The molecular weight excluding hydrogens is 476 g/mol. The maximum absolute atomic E-state index is 12.1. The number of rotatable bonds is 7. The Hall–Kier alpha value is -2.37. The Balaban J connectivity index is 1.66. The molecule has 35 heavy (non-hydrogen) atoms. The van der Waals surface area contributed by atoms with Crippen LogP contribution >= 0.6 is 0 Å². The zero-order valence-electron chi connectivity index (χ0n) is 18.1. The van der Waals surface area contributed by atoms with Gasteiger partial charge in [0.25, 0.3) is 0 Å². The molecule has 196 valence electrons. The van der Waals surface area contributed by atoms with E-state index < -0.39 is 80.6 Å². The number of hydrogen-bond donors (Lipinski definition) is 9. The van der Waals surface area contributed by atoms with Gasteiger partial charge < -0.3 is 64.9 Å². The molecule has 2 saturated heterocycles. The van der Waals surface area contributed by atoms with Crippen molar-refractivity contribution in [2.75, 3.05) is 13.2 Å². The van der Waals surface area contributed by atoms with Gasteiger partial charge in [0.2, 0.25) is 12.6 Å². The van der Waals surface area contributed by atoms with Gasteiger partial charge in [0.15, 0.2) is 11.5 Å². The number of aliphatic hydroxyl groups excluding tert-OH is 8. The van der Waals surface area contributed by atoms with E-state index in [1.807, 2.05) is 0 Å². The third kappa shape index (κ3) is 6.07. The molecule has 9 N–H and O–H groups in total. The molecule has 0 saturated carbocycles.